The number of nitro groups is 1. The van der Waals surface area contributed by atoms with Crippen molar-refractivity contribution in [1.82, 2.24) is 4.90 Å². The van der Waals surface area contributed by atoms with E-state index in [1.54, 1.807) is 54.6 Å². The van der Waals surface area contributed by atoms with E-state index in [2.05, 4.69) is 0 Å². The van der Waals surface area contributed by atoms with Crippen LogP contribution >= 0.6 is 24.0 Å². The van der Waals surface area contributed by atoms with Crippen molar-refractivity contribution in [3.63, 3.8) is 0 Å². The number of amides is 1. The van der Waals surface area contributed by atoms with Gasteiger partial charge in [-0.25, -0.2) is 4.79 Å². The van der Waals surface area contributed by atoms with Crippen LogP contribution in [-0.4, -0.2) is 31.1 Å². The van der Waals surface area contributed by atoms with Crippen LogP contribution in [0.3, 0.4) is 0 Å². The maximum atomic E-state index is 13.0. The van der Waals surface area contributed by atoms with Crippen molar-refractivity contribution in [2.45, 2.75) is 6.04 Å². The lowest BCUT2D eigenvalue weighted by atomic mass is 10.1. The lowest BCUT2D eigenvalue weighted by Crippen LogP contribution is -2.37. The number of aliphatic carboxylic acids is 1. The summed E-state index contributed by atoms with van der Waals surface area (Å²) in [5.74, 6) is -1.01. The highest BCUT2D eigenvalue weighted by molar-refractivity contribution is 8.26. The first-order chi connectivity index (χ1) is 15.3. The Labute approximate surface area is 191 Å². The Morgan fingerprint density at radius 1 is 1.16 bits per heavy atom. The predicted octanol–water partition coefficient (Wildman–Crippen LogP) is 4.88. The summed E-state index contributed by atoms with van der Waals surface area (Å²) in [4.78, 5) is 36.7. The van der Waals surface area contributed by atoms with E-state index < -0.39 is 22.8 Å². The maximum absolute atomic E-state index is 13.0. The smallest absolute Gasteiger partial charge is 0.331 e. The highest BCUT2D eigenvalue weighted by Crippen LogP contribution is 2.39. The van der Waals surface area contributed by atoms with Gasteiger partial charge >= 0.3 is 5.97 Å². The van der Waals surface area contributed by atoms with Crippen LogP contribution in [0, 0.1) is 10.1 Å². The number of thioether (sulfide) groups is 1. The van der Waals surface area contributed by atoms with E-state index in [4.69, 9.17) is 16.6 Å². The average Bonchev–Trinajstić information content (AvgIpc) is 3.35. The Kier molecular flexibility index (Phi) is 5.89. The van der Waals surface area contributed by atoms with Crippen molar-refractivity contribution in [3.8, 4) is 11.3 Å². The summed E-state index contributed by atoms with van der Waals surface area (Å²) < 4.78 is 5.86. The second-order valence-electron chi connectivity index (χ2n) is 6.71. The third-order valence-corrected chi connectivity index (χ3v) is 6.00. The van der Waals surface area contributed by atoms with E-state index in [-0.39, 0.29) is 14.9 Å². The van der Waals surface area contributed by atoms with E-state index in [0.717, 1.165) is 16.7 Å². The van der Waals surface area contributed by atoms with Gasteiger partial charge in [-0.05, 0) is 17.7 Å². The van der Waals surface area contributed by atoms with E-state index in [1.807, 2.05) is 0 Å². The van der Waals surface area contributed by atoms with Crippen molar-refractivity contribution in [2.24, 2.45) is 0 Å². The number of benzene rings is 2. The molecule has 160 valence electrons. The van der Waals surface area contributed by atoms with Gasteiger partial charge in [0, 0.05) is 23.8 Å². The Morgan fingerprint density at radius 3 is 2.59 bits per heavy atom. The average molecular weight is 466 g/mol. The summed E-state index contributed by atoms with van der Waals surface area (Å²) in [6, 6.07) is 16.4. The molecule has 1 atom stereocenters. The standard InChI is InChI=1S/C22H14N2O6S2/c25-20-18(32-22(31)23(20)19(21(26)27)13-5-2-1-3-6-13)12-16-9-10-17(30-16)14-7-4-8-15(11-14)24(28)29/h1-12,19H,(H,26,27)/b18-12+. The number of thiocarbonyl (C=S) groups is 1. The number of rotatable bonds is 6. The molecule has 32 heavy (non-hydrogen) atoms. The number of carbonyl (C=O) groups is 2. The molecule has 3 aromatic rings. The number of hydrogen-bond donors (Lipinski definition) is 1. The van der Waals surface area contributed by atoms with Crippen molar-refractivity contribution in [3.05, 3.63) is 93.1 Å². The summed E-state index contributed by atoms with van der Waals surface area (Å²) in [5.41, 5.74) is 0.881. The van der Waals surface area contributed by atoms with Gasteiger partial charge in [-0.1, -0.05) is 66.4 Å². The first-order valence-electron chi connectivity index (χ1n) is 9.24. The van der Waals surface area contributed by atoms with Crippen LogP contribution in [0.1, 0.15) is 17.4 Å². The summed E-state index contributed by atoms with van der Waals surface area (Å²) >= 11 is 6.28. The van der Waals surface area contributed by atoms with Gasteiger partial charge in [0.1, 0.15) is 15.8 Å². The number of hydrogen-bond acceptors (Lipinski definition) is 7. The first-order valence-corrected chi connectivity index (χ1v) is 10.5. The van der Waals surface area contributed by atoms with Crippen LogP contribution in [0.25, 0.3) is 17.4 Å². The van der Waals surface area contributed by atoms with Crippen LogP contribution in [0.15, 0.2) is 76.1 Å². The van der Waals surface area contributed by atoms with Crippen molar-refractivity contribution in [1.29, 1.82) is 0 Å². The molecule has 0 spiro atoms. The molecule has 0 aliphatic carbocycles. The Balaban J connectivity index is 1.62. The molecule has 1 saturated heterocycles. The molecule has 8 nitrogen and oxygen atoms in total. The molecule has 1 aliphatic heterocycles. The van der Waals surface area contributed by atoms with Gasteiger partial charge in [-0.3, -0.25) is 19.8 Å². The van der Waals surface area contributed by atoms with Gasteiger partial charge in [0.25, 0.3) is 11.6 Å². The third kappa shape index (κ3) is 4.18. The largest absolute Gasteiger partial charge is 0.479 e. The zero-order valence-electron chi connectivity index (χ0n) is 16.2. The first kappa shape index (κ1) is 21.5. The van der Waals surface area contributed by atoms with Crippen LogP contribution in [0.4, 0.5) is 5.69 Å². The number of carboxylic acids is 1. The van der Waals surface area contributed by atoms with Gasteiger partial charge in [0.15, 0.2) is 6.04 Å². The minimum Gasteiger partial charge on any atom is -0.479 e. The Morgan fingerprint density at radius 2 is 1.91 bits per heavy atom. The number of carbonyl (C=O) groups excluding carboxylic acids is 1. The van der Waals surface area contributed by atoms with E-state index in [1.165, 1.54) is 18.2 Å². The van der Waals surface area contributed by atoms with Gasteiger partial charge in [0.05, 0.1) is 9.83 Å². The summed E-state index contributed by atoms with van der Waals surface area (Å²) in [6.07, 6.45) is 1.48. The number of carboxylic acid groups (broad SMARTS) is 1. The monoisotopic (exact) mass is 466 g/mol. The lowest BCUT2D eigenvalue weighted by Gasteiger charge is -2.23. The second kappa shape index (κ2) is 8.77. The normalized spacial score (nSPS) is 15.9. The van der Waals surface area contributed by atoms with Crippen LogP contribution in [0.5, 0.6) is 0 Å². The van der Waals surface area contributed by atoms with Gasteiger partial charge in [-0.15, -0.1) is 0 Å². The van der Waals surface area contributed by atoms with E-state index >= 15 is 0 Å². The second-order valence-corrected chi connectivity index (χ2v) is 8.39. The SMILES string of the molecule is O=C(O)C(c1ccccc1)N1C(=O)/C(=C\c2ccc(-c3cccc([N+](=O)[O-])c3)o2)SC1=S. The predicted molar refractivity (Wildman–Crippen MR) is 123 cm³/mol. The molecule has 0 radical (unpaired) electrons. The van der Waals surface area contributed by atoms with Crippen molar-refractivity contribution in [2.75, 3.05) is 0 Å². The summed E-state index contributed by atoms with van der Waals surface area (Å²) in [7, 11) is 0. The van der Waals surface area contributed by atoms with E-state index in [9.17, 15) is 24.8 Å². The Bertz CT molecular complexity index is 1270. The fourth-order valence-corrected chi connectivity index (χ4v) is 4.52. The third-order valence-electron chi connectivity index (χ3n) is 4.67. The fourth-order valence-electron chi connectivity index (χ4n) is 3.23. The number of furan rings is 1. The maximum Gasteiger partial charge on any atom is 0.331 e. The quantitative estimate of drug-likeness (QED) is 0.237. The minimum atomic E-state index is -1.24. The molecule has 2 heterocycles. The summed E-state index contributed by atoms with van der Waals surface area (Å²) in [6.45, 7) is 0. The zero-order valence-corrected chi connectivity index (χ0v) is 17.8. The molecule has 1 amide bonds. The molecular weight excluding hydrogens is 452 g/mol. The zero-order chi connectivity index (χ0) is 22.8. The molecule has 1 fully saturated rings. The highest BCUT2D eigenvalue weighted by atomic mass is 32.2. The van der Waals surface area contributed by atoms with Gasteiger partial charge in [-0.2, -0.15) is 0 Å². The molecule has 1 aliphatic rings. The van der Waals surface area contributed by atoms with Gasteiger partial charge < -0.3 is 9.52 Å². The van der Waals surface area contributed by atoms with Gasteiger partial charge in [0.2, 0.25) is 0 Å². The number of nitro benzene ring substituents is 1. The van der Waals surface area contributed by atoms with Crippen LogP contribution in [-0.2, 0) is 9.59 Å². The van der Waals surface area contributed by atoms with Crippen molar-refractivity contribution >= 4 is 51.9 Å². The number of nitrogens with zero attached hydrogens (tertiary/aromatic N) is 2. The molecule has 0 saturated carbocycles. The minimum absolute atomic E-state index is 0.0676. The Hall–Kier alpha value is -3.76. The van der Waals surface area contributed by atoms with Crippen molar-refractivity contribution < 1.29 is 24.0 Å². The topological polar surface area (TPSA) is 114 Å². The molecule has 0 bridgehead atoms. The van der Waals surface area contributed by atoms with Crippen LogP contribution in [0.2, 0.25) is 0 Å². The lowest BCUT2D eigenvalue weighted by molar-refractivity contribution is -0.384. The number of non-ortho nitro benzene ring substituents is 1. The molecule has 10 heteroatoms. The fraction of sp³-hybridized carbons (Fsp3) is 0.0455. The molecule has 2 aromatic carbocycles. The highest BCUT2D eigenvalue weighted by Gasteiger charge is 2.41. The summed E-state index contributed by atoms with van der Waals surface area (Å²) in [5, 5.41) is 20.7. The molecule has 4 rings (SSSR count). The molecule has 1 N–H and O–H groups in total. The molecule has 1 unspecified atom stereocenters. The molecular formula is C22H14N2O6S2. The van der Waals surface area contributed by atoms with Crippen LogP contribution < -0.4 is 0 Å². The van der Waals surface area contributed by atoms with E-state index in [0.29, 0.717) is 22.6 Å². The molecule has 1 aromatic heterocycles.